The molecular formula is C22H25BrN6O. The van der Waals surface area contributed by atoms with Crippen LogP contribution < -0.4 is 10.2 Å². The maximum absolute atomic E-state index is 12.7. The van der Waals surface area contributed by atoms with Gasteiger partial charge in [0.25, 0.3) is 0 Å². The van der Waals surface area contributed by atoms with Crippen LogP contribution in [0.5, 0.6) is 0 Å². The molecule has 1 saturated heterocycles. The van der Waals surface area contributed by atoms with E-state index in [1.807, 2.05) is 57.2 Å². The standard InChI is InChI=1S/C22H25BrN6O/c1-14-12-18(23)4-5-19(14)24-22(30)17-8-10-28(11-9-17)20-6-7-21(26-25-20)29-16(3)13-15(2)27-29/h4-7,12-13,17H,8-11H2,1-3H3,(H,24,30). The normalized spacial score (nSPS) is 14.7. The zero-order chi connectivity index (χ0) is 21.3. The fourth-order valence-corrected chi connectivity index (χ4v) is 4.31. The average Bonchev–Trinajstić information content (AvgIpc) is 3.08. The van der Waals surface area contributed by atoms with Crippen molar-refractivity contribution >= 4 is 33.3 Å². The first-order chi connectivity index (χ1) is 14.4. The summed E-state index contributed by atoms with van der Waals surface area (Å²) in [4.78, 5) is 14.9. The lowest BCUT2D eigenvalue weighted by Crippen LogP contribution is -2.38. The highest BCUT2D eigenvalue weighted by molar-refractivity contribution is 9.10. The predicted octanol–water partition coefficient (Wildman–Crippen LogP) is 4.21. The first-order valence-corrected chi connectivity index (χ1v) is 10.9. The van der Waals surface area contributed by atoms with Crippen LogP contribution in [0.25, 0.3) is 5.82 Å². The van der Waals surface area contributed by atoms with E-state index in [0.29, 0.717) is 5.82 Å². The molecule has 3 aromatic rings. The van der Waals surface area contributed by atoms with E-state index < -0.39 is 0 Å². The van der Waals surface area contributed by atoms with E-state index in [1.54, 1.807) is 4.68 Å². The molecule has 0 atom stereocenters. The Balaban J connectivity index is 1.36. The van der Waals surface area contributed by atoms with Crippen LogP contribution in [-0.2, 0) is 4.79 Å². The number of aromatic nitrogens is 4. The van der Waals surface area contributed by atoms with Crippen LogP contribution in [0.15, 0.2) is 40.9 Å². The van der Waals surface area contributed by atoms with Crippen LogP contribution >= 0.6 is 15.9 Å². The number of carbonyl (C=O) groups excluding carboxylic acids is 1. The lowest BCUT2D eigenvalue weighted by Gasteiger charge is -2.32. The first kappa shape index (κ1) is 20.5. The summed E-state index contributed by atoms with van der Waals surface area (Å²) in [5.41, 5.74) is 3.91. The number of carbonyl (C=O) groups is 1. The van der Waals surface area contributed by atoms with Crippen LogP contribution in [0.2, 0.25) is 0 Å². The lowest BCUT2D eigenvalue weighted by atomic mass is 9.95. The number of piperidine rings is 1. The largest absolute Gasteiger partial charge is 0.355 e. The van der Waals surface area contributed by atoms with E-state index in [0.717, 1.165) is 58.9 Å². The third kappa shape index (κ3) is 4.38. The van der Waals surface area contributed by atoms with Gasteiger partial charge < -0.3 is 10.2 Å². The highest BCUT2D eigenvalue weighted by atomic mass is 79.9. The van der Waals surface area contributed by atoms with Gasteiger partial charge in [-0.2, -0.15) is 5.10 Å². The van der Waals surface area contributed by atoms with Gasteiger partial charge in [0, 0.05) is 34.9 Å². The molecule has 156 valence electrons. The van der Waals surface area contributed by atoms with Crippen molar-refractivity contribution in [2.24, 2.45) is 5.92 Å². The summed E-state index contributed by atoms with van der Waals surface area (Å²) < 4.78 is 2.81. The van der Waals surface area contributed by atoms with Crippen molar-refractivity contribution in [2.75, 3.05) is 23.3 Å². The Labute approximate surface area is 184 Å². The summed E-state index contributed by atoms with van der Waals surface area (Å²) in [6.45, 7) is 7.53. The fourth-order valence-electron chi connectivity index (χ4n) is 3.83. The maximum atomic E-state index is 12.7. The summed E-state index contributed by atoms with van der Waals surface area (Å²) in [5, 5.41) is 16.3. The summed E-state index contributed by atoms with van der Waals surface area (Å²) >= 11 is 3.46. The third-order valence-corrected chi connectivity index (χ3v) is 5.99. The summed E-state index contributed by atoms with van der Waals surface area (Å²) in [7, 11) is 0. The molecule has 0 spiro atoms. The van der Waals surface area contributed by atoms with Gasteiger partial charge in [0.15, 0.2) is 11.6 Å². The van der Waals surface area contributed by atoms with Crippen molar-refractivity contribution in [3.05, 3.63) is 57.8 Å². The van der Waals surface area contributed by atoms with Crippen LogP contribution in [0.1, 0.15) is 29.8 Å². The fraction of sp³-hybridized carbons (Fsp3) is 0.364. The Morgan fingerprint density at radius 3 is 2.33 bits per heavy atom. The van der Waals surface area contributed by atoms with Gasteiger partial charge in [-0.25, -0.2) is 4.68 Å². The molecule has 1 aromatic carbocycles. The van der Waals surface area contributed by atoms with Gasteiger partial charge in [-0.15, -0.1) is 10.2 Å². The second-order valence-corrected chi connectivity index (χ2v) is 8.71. The van der Waals surface area contributed by atoms with E-state index >= 15 is 0 Å². The molecule has 1 aliphatic heterocycles. The number of nitrogens with zero attached hydrogens (tertiary/aromatic N) is 5. The second-order valence-electron chi connectivity index (χ2n) is 7.80. The van der Waals surface area contributed by atoms with Crippen LogP contribution in [0.4, 0.5) is 11.5 Å². The second kappa shape index (κ2) is 8.55. The maximum Gasteiger partial charge on any atom is 0.227 e. The van der Waals surface area contributed by atoms with E-state index in [4.69, 9.17) is 0 Å². The van der Waals surface area contributed by atoms with Crippen molar-refractivity contribution in [3.8, 4) is 5.82 Å². The summed E-state index contributed by atoms with van der Waals surface area (Å²) in [6.07, 6.45) is 1.59. The van der Waals surface area contributed by atoms with Crippen LogP contribution in [0.3, 0.4) is 0 Å². The van der Waals surface area contributed by atoms with Crippen molar-refractivity contribution in [1.29, 1.82) is 0 Å². The van der Waals surface area contributed by atoms with Gasteiger partial charge in [0.2, 0.25) is 5.91 Å². The van der Waals surface area contributed by atoms with Gasteiger partial charge in [-0.1, -0.05) is 15.9 Å². The number of aryl methyl sites for hydroxylation is 3. The first-order valence-electron chi connectivity index (χ1n) is 10.1. The van der Waals surface area contributed by atoms with Gasteiger partial charge in [0.05, 0.1) is 5.69 Å². The van der Waals surface area contributed by atoms with Gasteiger partial charge in [-0.05, 0) is 75.6 Å². The van der Waals surface area contributed by atoms with Crippen LogP contribution in [-0.4, -0.2) is 39.0 Å². The number of benzene rings is 1. The minimum atomic E-state index is 0.00577. The number of hydrogen-bond donors (Lipinski definition) is 1. The van der Waals surface area contributed by atoms with E-state index in [1.165, 1.54) is 0 Å². The summed E-state index contributed by atoms with van der Waals surface area (Å²) in [6, 6.07) is 11.8. The topological polar surface area (TPSA) is 75.9 Å². The smallest absolute Gasteiger partial charge is 0.227 e. The van der Waals surface area contributed by atoms with Crippen LogP contribution in [0, 0.1) is 26.7 Å². The molecule has 1 amide bonds. The number of amides is 1. The number of halogens is 1. The monoisotopic (exact) mass is 468 g/mol. The minimum absolute atomic E-state index is 0.00577. The van der Waals surface area contributed by atoms with Gasteiger partial charge in [-0.3, -0.25) is 4.79 Å². The zero-order valence-electron chi connectivity index (χ0n) is 17.4. The van der Waals surface area contributed by atoms with E-state index in [9.17, 15) is 4.79 Å². The number of hydrogen-bond acceptors (Lipinski definition) is 5. The van der Waals surface area contributed by atoms with Crippen molar-refractivity contribution in [3.63, 3.8) is 0 Å². The molecule has 0 bridgehead atoms. The molecule has 0 unspecified atom stereocenters. The Kier molecular flexibility index (Phi) is 5.85. The van der Waals surface area contributed by atoms with Gasteiger partial charge in [0.1, 0.15) is 0 Å². The molecule has 0 radical (unpaired) electrons. The lowest BCUT2D eigenvalue weighted by molar-refractivity contribution is -0.120. The Hall–Kier alpha value is -2.74. The Morgan fingerprint density at radius 1 is 1.03 bits per heavy atom. The highest BCUT2D eigenvalue weighted by Crippen LogP contribution is 2.25. The summed E-state index contributed by atoms with van der Waals surface area (Å²) in [5.74, 6) is 1.64. The molecule has 1 fully saturated rings. The Bertz CT molecular complexity index is 1050. The van der Waals surface area contributed by atoms with E-state index in [2.05, 4.69) is 41.4 Å². The molecule has 3 heterocycles. The van der Waals surface area contributed by atoms with Gasteiger partial charge >= 0.3 is 0 Å². The number of rotatable bonds is 4. The molecule has 30 heavy (non-hydrogen) atoms. The molecule has 8 heteroatoms. The average molecular weight is 469 g/mol. The molecule has 7 nitrogen and oxygen atoms in total. The highest BCUT2D eigenvalue weighted by Gasteiger charge is 2.26. The molecule has 4 rings (SSSR count). The molecule has 2 aromatic heterocycles. The third-order valence-electron chi connectivity index (χ3n) is 5.50. The minimum Gasteiger partial charge on any atom is -0.355 e. The van der Waals surface area contributed by atoms with Crippen molar-refractivity contribution in [1.82, 2.24) is 20.0 Å². The molecule has 1 N–H and O–H groups in total. The van der Waals surface area contributed by atoms with Crippen molar-refractivity contribution in [2.45, 2.75) is 33.6 Å². The predicted molar refractivity (Wildman–Crippen MR) is 121 cm³/mol. The molecule has 0 saturated carbocycles. The van der Waals surface area contributed by atoms with Crippen molar-refractivity contribution < 1.29 is 4.79 Å². The number of nitrogens with one attached hydrogen (secondary N) is 1. The molecule has 1 aliphatic rings. The molecular weight excluding hydrogens is 444 g/mol. The quantitative estimate of drug-likeness (QED) is 0.620. The SMILES string of the molecule is Cc1cc(C)n(-c2ccc(N3CCC(C(=O)Nc4ccc(Br)cc4C)CC3)nn2)n1. The number of anilines is 2. The molecule has 0 aliphatic carbocycles. The Morgan fingerprint density at radius 2 is 1.73 bits per heavy atom. The van der Waals surface area contributed by atoms with E-state index in [-0.39, 0.29) is 11.8 Å². The zero-order valence-corrected chi connectivity index (χ0v) is 19.0.